The van der Waals surface area contributed by atoms with Crippen molar-refractivity contribution >= 4 is 40.0 Å². The molecule has 1 aliphatic rings. The van der Waals surface area contributed by atoms with Crippen LogP contribution in [-0.4, -0.2) is 61.0 Å². The van der Waals surface area contributed by atoms with Gasteiger partial charge in [0.25, 0.3) is 0 Å². The van der Waals surface area contributed by atoms with Gasteiger partial charge in [0, 0.05) is 31.4 Å². The fourth-order valence-electron chi connectivity index (χ4n) is 5.57. The number of nitrogen functional groups attached to an aromatic ring is 1. The molecule has 43 heavy (non-hydrogen) atoms. The first-order valence-electron chi connectivity index (χ1n) is 14.1. The second-order valence-corrected chi connectivity index (χ2v) is 11.7. The van der Waals surface area contributed by atoms with Gasteiger partial charge < -0.3 is 15.5 Å². The standard InChI is InChI=1S/C31H34ClFN8O2/c1-7-23(42)39-11-12-40(18(6)14-39)29-19-13-20(32)27(24-21(33)9-8-10-22(24)34)37-30(19)41(31(43)38-29)28-25(16(2)3)35-15-36-26(28)17(4)5/h7-10,13,15-18H,1,11-12,14,34H2,2-6H3. The molecule has 0 aliphatic carbocycles. The van der Waals surface area contributed by atoms with Crippen molar-refractivity contribution in [3.8, 4) is 16.9 Å². The number of benzene rings is 1. The first-order chi connectivity index (χ1) is 20.4. The highest BCUT2D eigenvalue weighted by Crippen LogP contribution is 2.38. The zero-order valence-electron chi connectivity index (χ0n) is 24.8. The molecule has 4 aromatic rings. The average Bonchev–Trinajstić information content (AvgIpc) is 2.96. The van der Waals surface area contributed by atoms with E-state index in [1.807, 2.05) is 39.5 Å². The summed E-state index contributed by atoms with van der Waals surface area (Å²) in [4.78, 5) is 48.6. The van der Waals surface area contributed by atoms with Crippen molar-refractivity contribution in [2.24, 2.45) is 0 Å². The molecule has 3 aromatic heterocycles. The number of pyridine rings is 1. The van der Waals surface area contributed by atoms with Gasteiger partial charge in [0.05, 0.1) is 38.7 Å². The number of amides is 1. The van der Waals surface area contributed by atoms with Crippen LogP contribution in [0.4, 0.5) is 15.9 Å². The molecule has 1 aliphatic heterocycles. The zero-order valence-corrected chi connectivity index (χ0v) is 25.6. The van der Waals surface area contributed by atoms with E-state index in [1.54, 1.807) is 17.0 Å². The molecule has 224 valence electrons. The number of hydrogen-bond donors (Lipinski definition) is 1. The number of nitrogens with zero attached hydrogens (tertiary/aromatic N) is 7. The van der Waals surface area contributed by atoms with Gasteiger partial charge in [-0.2, -0.15) is 4.98 Å². The van der Waals surface area contributed by atoms with Crippen molar-refractivity contribution < 1.29 is 9.18 Å². The van der Waals surface area contributed by atoms with Crippen LogP contribution in [0.5, 0.6) is 0 Å². The number of aromatic nitrogens is 5. The van der Waals surface area contributed by atoms with E-state index in [-0.39, 0.29) is 51.4 Å². The average molecular weight is 605 g/mol. The molecule has 0 spiro atoms. The number of nitrogens with two attached hydrogens (primary N) is 1. The quantitative estimate of drug-likeness (QED) is 0.239. The Morgan fingerprint density at radius 1 is 1.14 bits per heavy atom. The van der Waals surface area contributed by atoms with E-state index < -0.39 is 11.5 Å². The van der Waals surface area contributed by atoms with Gasteiger partial charge >= 0.3 is 5.69 Å². The molecule has 1 saturated heterocycles. The molecule has 1 atom stereocenters. The summed E-state index contributed by atoms with van der Waals surface area (Å²) >= 11 is 6.81. The Hall–Kier alpha value is -4.38. The lowest BCUT2D eigenvalue weighted by atomic mass is 10.0. The fraction of sp³-hybridized carbons (Fsp3) is 0.355. The lowest BCUT2D eigenvalue weighted by Gasteiger charge is -2.40. The highest BCUT2D eigenvalue weighted by molar-refractivity contribution is 6.34. The molecule has 0 radical (unpaired) electrons. The molecule has 5 rings (SSSR count). The van der Waals surface area contributed by atoms with Gasteiger partial charge in [-0.3, -0.25) is 4.79 Å². The van der Waals surface area contributed by atoms with Crippen LogP contribution in [0.15, 0.2) is 48.0 Å². The number of hydrogen-bond acceptors (Lipinski definition) is 8. The summed E-state index contributed by atoms with van der Waals surface area (Å²) in [5, 5.41) is 0.620. The second kappa shape index (κ2) is 11.7. The highest BCUT2D eigenvalue weighted by atomic mass is 35.5. The highest BCUT2D eigenvalue weighted by Gasteiger charge is 2.31. The fourth-order valence-corrected chi connectivity index (χ4v) is 5.82. The van der Waals surface area contributed by atoms with Gasteiger partial charge in [-0.15, -0.1) is 0 Å². The maximum absolute atomic E-state index is 15.2. The lowest BCUT2D eigenvalue weighted by molar-refractivity contribution is -0.126. The van der Waals surface area contributed by atoms with Gasteiger partial charge in [0.2, 0.25) is 5.91 Å². The number of carbonyl (C=O) groups is 1. The smallest absolute Gasteiger partial charge is 0.355 e. The minimum atomic E-state index is -0.597. The molecule has 4 heterocycles. The summed E-state index contributed by atoms with van der Waals surface area (Å²) in [5.41, 5.74) is 7.88. The third kappa shape index (κ3) is 5.33. The lowest BCUT2D eigenvalue weighted by Crippen LogP contribution is -2.54. The molecule has 1 aromatic carbocycles. The predicted octanol–water partition coefficient (Wildman–Crippen LogP) is 5.08. The third-order valence-electron chi connectivity index (χ3n) is 7.67. The number of halogens is 2. The van der Waals surface area contributed by atoms with Crippen LogP contribution in [-0.2, 0) is 4.79 Å². The molecule has 12 heteroatoms. The van der Waals surface area contributed by atoms with Crippen molar-refractivity contribution in [2.75, 3.05) is 30.3 Å². The molecular formula is C31H34ClFN8O2. The van der Waals surface area contributed by atoms with E-state index in [0.29, 0.717) is 47.9 Å². The second-order valence-electron chi connectivity index (χ2n) is 11.3. The van der Waals surface area contributed by atoms with Gasteiger partial charge in [0.1, 0.15) is 18.0 Å². The van der Waals surface area contributed by atoms with Crippen molar-refractivity contribution in [1.29, 1.82) is 0 Å². The minimum Gasteiger partial charge on any atom is -0.398 e. The van der Waals surface area contributed by atoms with E-state index in [1.165, 1.54) is 29.1 Å². The van der Waals surface area contributed by atoms with E-state index >= 15 is 4.39 Å². The van der Waals surface area contributed by atoms with Crippen molar-refractivity contribution in [3.63, 3.8) is 0 Å². The molecule has 2 N–H and O–H groups in total. The Morgan fingerprint density at radius 3 is 2.40 bits per heavy atom. The minimum absolute atomic E-state index is 0.0363. The number of anilines is 2. The Kier molecular flexibility index (Phi) is 8.20. The summed E-state index contributed by atoms with van der Waals surface area (Å²) < 4.78 is 16.6. The normalized spacial score (nSPS) is 15.5. The molecule has 1 unspecified atom stereocenters. The van der Waals surface area contributed by atoms with Crippen LogP contribution in [0.3, 0.4) is 0 Å². The summed E-state index contributed by atoms with van der Waals surface area (Å²) in [6.45, 7) is 14.7. The summed E-state index contributed by atoms with van der Waals surface area (Å²) in [6.07, 6.45) is 2.78. The summed E-state index contributed by atoms with van der Waals surface area (Å²) in [7, 11) is 0. The number of rotatable bonds is 6. The number of carbonyl (C=O) groups excluding carboxylic acids is 1. The van der Waals surface area contributed by atoms with Gasteiger partial charge in [-0.1, -0.05) is 51.9 Å². The molecule has 10 nitrogen and oxygen atoms in total. The molecule has 1 fully saturated rings. The van der Waals surface area contributed by atoms with Crippen molar-refractivity contribution in [2.45, 2.75) is 52.5 Å². The number of piperazine rings is 1. The van der Waals surface area contributed by atoms with E-state index in [2.05, 4.69) is 21.5 Å². The van der Waals surface area contributed by atoms with Crippen LogP contribution in [0, 0.1) is 5.82 Å². The largest absolute Gasteiger partial charge is 0.398 e. The zero-order chi connectivity index (χ0) is 31.2. The molecular weight excluding hydrogens is 571 g/mol. The first kappa shape index (κ1) is 30.1. The first-order valence-corrected chi connectivity index (χ1v) is 14.5. The van der Waals surface area contributed by atoms with Crippen LogP contribution in [0.25, 0.3) is 28.0 Å². The molecule has 0 saturated carbocycles. The monoisotopic (exact) mass is 604 g/mol. The van der Waals surface area contributed by atoms with E-state index in [9.17, 15) is 9.59 Å². The van der Waals surface area contributed by atoms with Crippen LogP contribution in [0.2, 0.25) is 5.02 Å². The van der Waals surface area contributed by atoms with Crippen molar-refractivity contribution in [1.82, 2.24) is 29.4 Å². The van der Waals surface area contributed by atoms with Gasteiger partial charge in [-0.05, 0) is 43.0 Å². The Morgan fingerprint density at radius 2 is 1.81 bits per heavy atom. The third-order valence-corrected chi connectivity index (χ3v) is 7.95. The number of fused-ring (bicyclic) bond motifs is 1. The maximum Gasteiger partial charge on any atom is 0.355 e. The van der Waals surface area contributed by atoms with Crippen LogP contribution < -0.4 is 16.3 Å². The van der Waals surface area contributed by atoms with Crippen molar-refractivity contribution in [3.05, 3.63) is 76.0 Å². The SMILES string of the molecule is C=CC(=O)N1CCN(c2nc(=O)n(-c3c(C(C)C)ncnc3C(C)C)c3nc(-c4c(N)cccc4F)c(Cl)cc23)C(C)C1. The molecule has 0 bridgehead atoms. The topological polar surface area (TPSA) is 123 Å². The van der Waals surface area contributed by atoms with E-state index in [0.717, 1.165) is 0 Å². The Balaban J connectivity index is 1.86. The van der Waals surface area contributed by atoms with Crippen LogP contribution >= 0.6 is 11.6 Å². The Bertz CT molecular complexity index is 1760. The molecule has 1 amide bonds. The van der Waals surface area contributed by atoms with Crippen LogP contribution in [0.1, 0.15) is 57.8 Å². The summed E-state index contributed by atoms with van der Waals surface area (Å²) in [6, 6.07) is 5.80. The van der Waals surface area contributed by atoms with Gasteiger partial charge in [-0.25, -0.2) is 28.7 Å². The van der Waals surface area contributed by atoms with E-state index in [4.69, 9.17) is 22.3 Å². The van der Waals surface area contributed by atoms with Gasteiger partial charge in [0.15, 0.2) is 5.65 Å². The predicted molar refractivity (Wildman–Crippen MR) is 167 cm³/mol. The summed E-state index contributed by atoms with van der Waals surface area (Å²) in [5.74, 6) is -0.528. The maximum atomic E-state index is 15.2. The Labute approximate surface area is 254 Å².